The number of rotatable bonds is 4. The molecule has 15 heavy (non-hydrogen) atoms. The molecule has 0 N–H and O–H groups in total. The predicted octanol–water partition coefficient (Wildman–Crippen LogP) is 1.38. The minimum atomic E-state index is -0.103. The summed E-state index contributed by atoms with van der Waals surface area (Å²) < 4.78 is 15.6. The molecule has 0 heterocycles. The van der Waals surface area contributed by atoms with Crippen molar-refractivity contribution in [2.75, 3.05) is 20.8 Å². The van der Waals surface area contributed by atoms with E-state index in [1.165, 1.54) is 0 Å². The van der Waals surface area contributed by atoms with Gasteiger partial charge in [0.15, 0.2) is 0 Å². The molecule has 88 valence electrons. The van der Waals surface area contributed by atoms with Crippen molar-refractivity contribution < 1.29 is 19.0 Å². The van der Waals surface area contributed by atoms with Crippen molar-refractivity contribution in [3.05, 3.63) is 0 Å². The first-order chi connectivity index (χ1) is 7.22. The Kier molecular flexibility index (Phi) is 5.05. The van der Waals surface area contributed by atoms with Gasteiger partial charge in [-0.1, -0.05) is 0 Å². The van der Waals surface area contributed by atoms with Gasteiger partial charge in [-0.3, -0.25) is 4.79 Å². The summed E-state index contributed by atoms with van der Waals surface area (Å²) in [5.41, 5.74) is 0. The Morgan fingerprint density at radius 1 is 1.20 bits per heavy atom. The predicted molar refractivity (Wildman–Crippen MR) is 55.6 cm³/mol. The fourth-order valence-corrected chi connectivity index (χ4v) is 2.09. The van der Waals surface area contributed by atoms with Gasteiger partial charge in [0.1, 0.15) is 0 Å². The van der Waals surface area contributed by atoms with E-state index in [0.29, 0.717) is 13.0 Å². The number of hydrogen-bond acceptors (Lipinski definition) is 4. The summed E-state index contributed by atoms with van der Waals surface area (Å²) >= 11 is 0. The zero-order valence-electron chi connectivity index (χ0n) is 9.69. The second kappa shape index (κ2) is 6.08. The fraction of sp³-hybridized carbons (Fsp3) is 0.909. The maximum atomic E-state index is 11.5. The molecule has 1 saturated carbocycles. The smallest absolute Gasteiger partial charge is 0.309 e. The van der Waals surface area contributed by atoms with Crippen molar-refractivity contribution in [1.82, 2.24) is 0 Å². The number of hydrogen-bond donors (Lipinski definition) is 0. The average molecular weight is 216 g/mol. The summed E-state index contributed by atoms with van der Waals surface area (Å²) in [5.74, 6) is -0.129. The maximum absolute atomic E-state index is 11.5. The minimum Gasteiger partial charge on any atom is -0.466 e. The van der Waals surface area contributed by atoms with Crippen LogP contribution in [0.2, 0.25) is 0 Å². The summed E-state index contributed by atoms with van der Waals surface area (Å²) in [7, 11) is 3.34. The number of carbonyl (C=O) groups is 1. The van der Waals surface area contributed by atoms with Gasteiger partial charge in [0.25, 0.3) is 0 Å². The highest BCUT2D eigenvalue weighted by molar-refractivity contribution is 5.72. The molecule has 1 aliphatic rings. The van der Waals surface area contributed by atoms with E-state index in [0.717, 1.165) is 12.8 Å². The van der Waals surface area contributed by atoms with Crippen LogP contribution in [-0.2, 0) is 19.0 Å². The van der Waals surface area contributed by atoms with Gasteiger partial charge < -0.3 is 14.2 Å². The van der Waals surface area contributed by atoms with E-state index >= 15 is 0 Å². The highest BCUT2D eigenvalue weighted by Gasteiger charge is 2.34. The van der Waals surface area contributed by atoms with E-state index in [-0.39, 0.29) is 24.1 Å². The van der Waals surface area contributed by atoms with Gasteiger partial charge in [0, 0.05) is 14.2 Å². The number of methoxy groups -OCH3 is 2. The van der Waals surface area contributed by atoms with Crippen molar-refractivity contribution >= 4 is 5.97 Å². The van der Waals surface area contributed by atoms with Crippen molar-refractivity contribution in [3.8, 4) is 0 Å². The summed E-state index contributed by atoms with van der Waals surface area (Å²) in [6.45, 7) is 2.27. The van der Waals surface area contributed by atoms with Crippen LogP contribution in [0.3, 0.4) is 0 Å². The van der Waals surface area contributed by atoms with Gasteiger partial charge in [-0.2, -0.15) is 0 Å². The average Bonchev–Trinajstić information content (AvgIpc) is 2.28. The van der Waals surface area contributed by atoms with Gasteiger partial charge in [0.2, 0.25) is 0 Å². The van der Waals surface area contributed by atoms with Crippen molar-refractivity contribution in [2.45, 2.75) is 38.4 Å². The molecular weight excluding hydrogens is 196 g/mol. The number of esters is 1. The highest BCUT2D eigenvalue weighted by Crippen LogP contribution is 2.28. The van der Waals surface area contributed by atoms with Gasteiger partial charge in [0.05, 0.1) is 24.7 Å². The molecule has 1 fully saturated rings. The third-order valence-corrected chi connectivity index (χ3v) is 2.96. The van der Waals surface area contributed by atoms with E-state index in [9.17, 15) is 4.79 Å². The van der Waals surface area contributed by atoms with Crippen LogP contribution in [0.1, 0.15) is 26.2 Å². The molecule has 0 aliphatic heterocycles. The lowest BCUT2D eigenvalue weighted by Crippen LogP contribution is -2.39. The lowest BCUT2D eigenvalue weighted by Gasteiger charge is -2.33. The Morgan fingerprint density at radius 3 is 2.40 bits per heavy atom. The molecule has 0 saturated heterocycles. The van der Waals surface area contributed by atoms with Crippen LogP contribution < -0.4 is 0 Å². The van der Waals surface area contributed by atoms with Crippen molar-refractivity contribution in [3.63, 3.8) is 0 Å². The molecule has 0 bridgehead atoms. The van der Waals surface area contributed by atoms with Crippen LogP contribution in [0.25, 0.3) is 0 Å². The Balaban J connectivity index is 2.48. The third kappa shape index (κ3) is 3.18. The van der Waals surface area contributed by atoms with E-state index < -0.39 is 0 Å². The topological polar surface area (TPSA) is 44.8 Å². The fourth-order valence-electron chi connectivity index (χ4n) is 2.09. The van der Waals surface area contributed by atoms with E-state index in [4.69, 9.17) is 14.2 Å². The molecule has 3 unspecified atom stereocenters. The van der Waals surface area contributed by atoms with Crippen LogP contribution in [0, 0.1) is 5.92 Å². The van der Waals surface area contributed by atoms with Crippen LogP contribution in [0.15, 0.2) is 0 Å². The highest BCUT2D eigenvalue weighted by atomic mass is 16.5. The van der Waals surface area contributed by atoms with Crippen LogP contribution in [0.5, 0.6) is 0 Å². The second-order valence-electron chi connectivity index (χ2n) is 3.81. The van der Waals surface area contributed by atoms with E-state index in [1.54, 1.807) is 14.2 Å². The molecule has 4 nitrogen and oxygen atoms in total. The molecule has 0 radical (unpaired) electrons. The minimum absolute atomic E-state index is 0.0122. The Hall–Kier alpha value is -0.610. The molecule has 0 amide bonds. The molecule has 3 atom stereocenters. The van der Waals surface area contributed by atoms with Crippen molar-refractivity contribution in [2.24, 2.45) is 5.92 Å². The van der Waals surface area contributed by atoms with Gasteiger partial charge in [-0.25, -0.2) is 0 Å². The molecule has 0 aromatic carbocycles. The summed E-state index contributed by atoms with van der Waals surface area (Å²) in [4.78, 5) is 11.5. The Bertz CT molecular complexity index is 205. The molecule has 1 aliphatic carbocycles. The lowest BCUT2D eigenvalue weighted by molar-refractivity contribution is -0.154. The molecule has 0 aromatic rings. The number of ether oxygens (including phenoxy) is 3. The zero-order valence-corrected chi connectivity index (χ0v) is 9.69. The Labute approximate surface area is 90.9 Å². The molecular formula is C11H20O4. The first-order valence-electron chi connectivity index (χ1n) is 5.45. The first-order valence-corrected chi connectivity index (χ1v) is 5.45. The van der Waals surface area contributed by atoms with Gasteiger partial charge in [-0.15, -0.1) is 0 Å². The molecule has 0 aromatic heterocycles. The van der Waals surface area contributed by atoms with Crippen LogP contribution in [-0.4, -0.2) is 39.0 Å². The lowest BCUT2D eigenvalue weighted by atomic mass is 9.85. The standard InChI is InChI=1S/C11H20O4/c1-4-15-11(12)8-5-6-9(13-2)10(7-8)14-3/h8-10H,4-7H2,1-3H3. The number of carbonyl (C=O) groups excluding carboxylic acids is 1. The largest absolute Gasteiger partial charge is 0.466 e. The monoisotopic (exact) mass is 216 g/mol. The normalized spacial score (nSPS) is 31.3. The van der Waals surface area contributed by atoms with Crippen molar-refractivity contribution in [1.29, 1.82) is 0 Å². The van der Waals surface area contributed by atoms with Gasteiger partial charge >= 0.3 is 5.97 Å². The third-order valence-electron chi connectivity index (χ3n) is 2.96. The quantitative estimate of drug-likeness (QED) is 0.666. The summed E-state index contributed by atoms with van der Waals surface area (Å²) in [6.07, 6.45) is 2.52. The van der Waals surface area contributed by atoms with E-state index in [1.807, 2.05) is 6.92 Å². The van der Waals surface area contributed by atoms with Crippen LogP contribution in [0.4, 0.5) is 0 Å². The SMILES string of the molecule is CCOC(=O)C1CCC(OC)C(OC)C1. The molecule has 4 heteroatoms. The maximum Gasteiger partial charge on any atom is 0.309 e. The zero-order chi connectivity index (χ0) is 11.3. The van der Waals surface area contributed by atoms with E-state index in [2.05, 4.69) is 0 Å². The second-order valence-corrected chi connectivity index (χ2v) is 3.81. The van der Waals surface area contributed by atoms with Gasteiger partial charge in [-0.05, 0) is 26.2 Å². The first kappa shape index (κ1) is 12.5. The van der Waals surface area contributed by atoms with Crippen LogP contribution >= 0.6 is 0 Å². The Morgan fingerprint density at radius 2 is 1.87 bits per heavy atom. The molecule has 1 rings (SSSR count). The summed E-state index contributed by atoms with van der Waals surface area (Å²) in [5, 5.41) is 0. The molecule has 0 spiro atoms. The summed E-state index contributed by atoms with van der Waals surface area (Å²) in [6, 6.07) is 0.